The molecule has 0 N–H and O–H groups in total. The second-order valence-corrected chi connectivity index (χ2v) is 19.2. The monoisotopic (exact) mass is 925 g/mol. The molecule has 6 nitrogen and oxygen atoms in total. The molecule has 0 fully saturated rings. The maximum atomic E-state index is 12.8. The summed E-state index contributed by atoms with van der Waals surface area (Å²) >= 11 is 0. The summed E-state index contributed by atoms with van der Waals surface area (Å²) in [4.78, 5) is 38.1. The van der Waals surface area contributed by atoms with Crippen molar-refractivity contribution in [2.24, 2.45) is 0 Å². The number of ether oxygens (including phenoxy) is 3. The van der Waals surface area contributed by atoms with Crippen molar-refractivity contribution in [3.63, 3.8) is 0 Å². The summed E-state index contributed by atoms with van der Waals surface area (Å²) < 4.78 is 16.9. The highest BCUT2D eigenvalue weighted by atomic mass is 16.6. The zero-order chi connectivity index (χ0) is 47.9. The second-order valence-electron chi connectivity index (χ2n) is 19.2. The minimum atomic E-state index is -0.779. The molecule has 0 bridgehead atoms. The van der Waals surface area contributed by atoms with Gasteiger partial charge in [0.05, 0.1) is 0 Å². The van der Waals surface area contributed by atoms with E-state index in [1.54, 1.807) is 0 Å². The van der Waals surface area contributed by atoms with Gasteiger partial charge in [-0.2, -0.15) is 0 Å². The van der Waals surface area contributed by atoms with Gasteiger partial charge in [-0.15, -0.1) is 0 Å². The standard InChI is InChI=1S/C60H108O6/c1-4-7-10-13-16-19-22-25-28-30-33-35-38-41-44-47-50-53-59(62)65-56-57(55-64-58(61)52-49-46-43-40-37-34-31-27-24-21-18-15-12-9-6-3)66-60(63)54-51-48-45-42-39-36-32-29-26-23-20-17-14-11-8-5-2/h9,12,18,21,25,27-28,31,57H,4-8,10-11,13-17,19-20,22-24,26,29-30,32-56H2,1-3H3/b12-9-,21-18-,28-25-,31-27-. The zero-order valence-electron chi connectivity index (χ0n) is 44.0. The predicted octanol–water partition coefficient (Wildman–Crippen LogP) is 19.0. The van der Waals surface area contributed by atoms with Crippen molar-refractivity contribution in [1.29, 1.82) is 0 Å². The van der Waals surface area contributed by atoms with E-state index in [9.17, 15) is 14.4 Å². The maximum Gasteiger partial charge on any atom is 0.306 e. The van der Waals surface area contributed by atoms with Crippen LogP contribution in [0.5, 0.6) is 0 Å². The van der Waals surface area contributed by atoms with Gasteiger partial charge in [0.2, 0.25) is 0 Å². The molecule has 0 spiro atoms. The molecule has 0 aromatic rings. The van der Waals surface area contributed by atoms with Crippen LogP contribution in [0.1, 0.15) is 297 Å². The highest BCUT2D eigenvalue weighted by Crippen LogP contribution is 2.16. The minimum absolute atomic E-state index is 0.0781. The van der Waals surface area contributed by atoms with Crippen LogP contribution in [-0.4, -0.2) is 37.2 Å². The lowest BCUT2D eigenvalue weighted by Crippen LogP contribution is -2.30. The van der Waals surface area contributed by atoms with Crippen molar-refractivity contribution in [2.75, 3.05) is 13.2 Å². The summed E-state index contributed by atoms with van der Waals surface area (Å²) in [7, 11) is 0. The second kappa shape index (κ2) is 55.0. The predicted molar refractivity (Wildman–Crippen MR) is 284 cm³/mol. The van der Waals surface area contributed by atoms with Crippen LogP contribution < -0.4 is 0 Å². The van der Waals surface area contributed by atoms with Gasteiger partial charge in [0, 0.05) is 19.3 Å². The fourth-order valence-electron chi connectivity index (χ4n) is 8.28. The third kappa shape index (κ3) is 52.3. The van der Waals surface area contributed by atoms with Crippen molar-refractivity contribution in [1.82, 2.24) is 0 Å². The molecule has 0 saturated carbocycles. The molecular formula is C60H108O6. The van der Waals surface area contributed by atoms with E-state index in [1.165, 1.54) is 161 Å². The maximum absolute atomic E-state index is 12.8. The van der Waals surface area contributed by atoms with Gasteiger partial charge in [0.15, 0.2) is 6.10 Å². The number of hydrogen-bond acceptors (Lipinski definition) is 6. The molecule has 384 valence electrons. The lowest BCUT2D eigenvalue weighted by Gasteiger charge is -2.18. The Morgan fingerprint density at radius 2 is 0.591 bits per heavy atom. The van der Waals surface area contributed by atoms with E-state index in [0.29, 0.717) is 19.3 Å². The lowest BCUT2D eigenvalue weighted by atomic mass is 10.0. The summed E-state index contributed by atoms with van der Waals surface area (Å²) in [6.45, 7) is 6.54. The molecule has 0 radical (unpaired) electrons. The van der Waals surface area contributed by atoms with E-state index in [-0.39, 0.29) is 31.1 Å². The Kier molecular flexibility index (Phi) is 52.8. The Morgan fingerprint density at radius 1 is 0.318 bits per heavy atom. The normalized spacial score (nSPS) is 12.3. The topological polar surface area (TPSA) is 78.9 Å². The molecule has 6 heteroatoms. The largest absolute Gasteiger partial charge is 0.462 e. The lowest BCUT2D eigenvalue weighted by molar-refractivity contribution is -0.167. The van der Waals surface area contributed by atoms with Crippen LogP contribution in [0.3, 0.4) is 0 Å². The molecule has 0 heterocycles. The summed E-state index contributed by atoms with van der Waals surface area (Å²) in [5.41, 5.74) is 0. The Balaban J connectivity index is 4.37. The molecule has 66 heavy (non-hydrogen) atoms. The van der Waals surface area contributed by atoms with Crippen LogP contribution >= 0.6 is 0 Å². The molecule has 0 amide bonds. The number of hydrogen-bond donors (Lipinski definition) is 0. The third-order valence-electron chi connectivity index (χ3n) is 12.6. The van der Waals surface area contributed by atoms with Crippen LogP contribution in [-0.2, 0) is 28.6 Å². The molecule has 0 aliphatic heterocycles. The zero-order valence-corrected chi connectivity index (χ0v) is 44.0. The first kappa shape index (κ1) is 63.4. The molecule has 0 rings (SSSR count). The first-order chi connectivity index (χ1) is 32.5. The SMILES string of the molecule is CC/C=C\C/C=C\C/C=C\CCCCCCCC(=O)OCC(COC(=O)CCCCCCCCC/C=C\CCCCCCCC)OC(=O)CCCCCCCCCCCCCCCCCC. The van der Waals surface area contributed by atoms with Gasteiger partial charge in [-0.1, -0.05) is 249 Å². The molecule has 0 aliphatic rings. The molecule has 1 unspecified atom stereocenters. The first-order valence-corrected chi connectivity index (χ1v) is 28.6. The van der Waals surface area contributed by atoms with Gasteiger partial charge in [-0.05, 0) is 77.0 Å². The van der Waals surface area contributed by atoms with Gasteiger partial charge in [-0.25, -0.2) is 0 Å². The number of allylic oxidation sites excluding steroid dienone is 8. The van der Waals surface area contributed by atoms with E-state index in [1.807, 2.05) is 0 Å². The van der Waals surface area contributed by atoms with Crippen LogP contribution in [0, 0.1) is 0 Å². The van der Waals surface area contributed by atoms with Gasteiger partial charge in [0.1, 0.15) is 13.2 Å². The van der Waals surface area contributed by atoms with Crippen molar-refractivity contribution < 1.29 is 28.6 Å². The average Bonchev–Trinajstić information content (AvgIpc) is 3.31. The summed E-state index contributed by atoms with van der Waals surface area (Å²) in [5.74, 6) is -0.884. The molecule has 0 saturated heterocycles. The molecule has 0 aliphatic carbocycles. The number of unbranched alkanes of at least 4 members (excludes halogenated alkanes) is 33. The van der Waals surface area contributed by atoms with E-state index in [0.717, 1.165) is 96.3 Å². The Bertz CT molecular complexity index is 1150. The van der Waals surface area contributed by atoms with Crippen LogP contribution in [0.4, 0.5) is 0 Å². The van der Waals surface area contributed by atoms with Crippen molar-refractivity contribution in [3.8, 4) is 0 Å². The molecular weight excluding hydrogens is 817 g/mol. The number of esters is 3. The quantitative estimate of drug-likeness (QED) is 0.0262. The third-order valence-corrected chi connectivity index (χ3v) is 12.6. The number of carbonyl (C=O) groups is 3. The van der Waals surface area contributed by atoms with Crippen molar-refractivity contribution >= 4 is 17.9 Å². The van der Waals surface area contributed by atoms with E-state index in [4.69, 9.17) is 14.2 Å². The van der Waals surface area contributed by atoms with Crippen LogP contribution in [0.25, 0.3) is 0 Å². The molecule has 0 aromatic carbocycles. The smallest absolute Gasteiger partial charge is 0.306 e. The minimum Gasteiger partial charge on any atom is -0.462 e. The van der Waals surface area contributed by atoms with E-state index < -0.39 is 6.10 Å². The average molecular weight is 926 g/mol. The Hall–Kier alpha value is -2.63. The van der Waals surface area contributed by atoms with Gasteiger partial charge < -0.3 is 14.2 Å². The van der Waals surface area contributed by atoms with Crippen molar-refractivity contribution in [3.05, 3.63) is 48.6 Å². The first-order valence-electron chi connectivity index (χ1n) is 28.6. The molecule has 1 atom stereocenters. The summed E-state index contributed by atoms with van der Waals surface area (Å²) in [5, 5.41) is 0. The summed E-state index contributed by atoms with van der Waals surface area (Å²) in [6.07, 6.45) is 66.7. The van der Waals surface area contributed by atoms with E-state index >= 15 is 0 Å². The van der Waals surface area contributed by atoms with Crippen LogP contribution in [0.15, 0.2) is 48.6 Å². The molecule has 0 aromatic heterocycles. The Labute approximate surface area is 409 Å². The fourth-order valence-corrected chi connectivity index (χ4v) is 8.28. The highest BCUT2D eigenvalue weighted by molar-refractivity contribution is 5.71. The van der Waals surface area contributed by atoms with Crippen LogP contribution in [0.2, 0.25) is 0 Å². The summed E-state index contributed by atoms with van der Waals surface area (Å²) in [6, 6.07) is 0. The number of carbonyl (C=O) groups excluding carboxylic acids is 3. The number of rotatable bonds is 52. The van der Waals surface area contributed by atoms with Crippen molar-refractivity contribution in [2.45, 2.75) is 303 Å². The Morgan fingerprint density at radius 3 is 0.939 bits per heavy atom. The van der Waals surface area contributed by atoms with Gasteiger partial charge in [0.25, 0.3) is 0 Å². The van der Waals surface area contributed by atoms with Gasteiger partial charge in [-0.3, -0.25) is 14.4 Å². The van der Waals surface area contributed by atoms with E-state index in [2.05, 4.69) is 69.4 Å². The highest BCUT2D eigenvalue weighted by Gasteiger charge is 2.19. The fraction of sp³-hybridized carbons (Fsp3) is 0.817. The van der Waals surface area contributed by atoms with Gasteiger partial charge >= 0.3 is 17.9 Å².